The molecule has 322 valence electrons. The van der Waals surface area contributed by atoms with Crippen LogP contribution in [0.25, 0.3) is 38.2 Å². The molecule has 0 spiro atoms. The van der Waals surface area contributed by atoms with Crippen LogP contribution >= 0.6 is 22.7 Å². The lowest BCUT2D eigenvalue weighted by atomic mass is 9.73. The van der Waals surface area contributed by atoms with E-state index in [9.17, 15) is 0 Å². The molecule has 1 saturated heterocycles. The van der Waals surface area contributed by atoms with E-state index in [1.54, 1.807) is 31.5 Å². The molecule has 0 radical (unpaired) electrons. The van der Waals surface area contributed by atoms with Crippen LogP contribution in [-0.2, 0) is 25.7 Å². The molecule has 5 nitrogen and oxygen atoms in total. The highest BCUT2D eigenvalue weighted by Crippen LogP contribution is 2.58. The van der Waals surface area contributed by atoms with Crippen LogP contribution in [0.1, 0.15) is 101 Å². The second kappa shape index (κ2) is 15.3. The van der Waals surface area contributed by atoms with E-state index in [0.717, 1.165) is 38.5 Å². The van der Waals surface area contributed by atoms with Gasteiger partial charge in [0.1, 0.15) is 12.0 Å². The fourth-order valence-corrected chi connectivity index (χ4v) is 16.4. The Bertz CT molecular complexity index is 2980. The Morgan fingerprint density at radius 3 is 2.59 bits per heavy atom. The lowest BCUT2D eigenvalue weighted by Crippen LogP contribution is -2.61. The first-order valence-corrected chi connectivity index (χ1v) is 26.3. The van der Waals surface area contributed by atoms with E-state index in [2.05, 4.69) is 153 Å². The van der Waals surface area contributed by atoms with Crippen molar-refractivity contribution in [3.05, 3.63) is 158 Å². The summed E-state index contributed by atoms with van der Waals surface area (Å²) in [5.41, 5.74) is 12.2. The van der Waals surface area contributed by atoms with Crippen LogP contribution in [0.2, 0.25) is 0 Å². The van der Waals surface area contributed by atoms with Crippen molar-refractivity contribution >= 4 is 55.6 Å². The van der Waals surface area contributed by atoms with Gasteiger partial charge in [-0.25, -0.2) is 0 Å². The third kappa shape index (κ3) is 5.92. The number of aryl methyl sites for hydroxylation is 3. The number of amidine groups is 1. The summed E-state index contributed by atoms with van der Waals surface area (Å²) in [6, 6.07) is 19.1. The van der Waals surface area contributed by atoms with Crippen molar-refractivity contribution in [2.75, 3.05) is 0 Å². The highest BCUT2D eigenvalue weighted by Gasteiger charge is 2.51. The number of nitrogens with one attached hydrogen (secondary N) is 2. The number of allylic oxidation sites excluding steroid dienone is 10. The fraction of sp³-hybridized carbons (Fsp3) is 0.386. The lowest BCUT2D eigenvalue weighted by molar-refractivity contribution is 0.242. The molecule has 9 aliphatic rings. The Morgan fingerprint density at radius 1 is 0.734 bits per heavy atom. The van der Waals surface area contributed by atoms with Crippen molar-refractivity contribution in [1.29, 1.82) is 0 Å². The molecular formula is C57H57N5S2. The van der Waals surface area contributed by atoms with Crippen molar-refractivity contribution in [2.45, 2.75) is 114 Å². The summed E-state index contributed by atoms with van der Waals surface area (Å²) >= 11 is 4.16. The highest BCUT2D eigenvalue weighted by atomic mass is 32.1. The van der Waals surface area contributed by atoms with Gasteiger partial charge in [-0.1, -0.05) is 103 Å². The van der Waals surface area contributed by atoms with Gasteiger partial charge < -0.3 is 14.8 Å². The lowest BCUT2D eigenvalue weighted by Gasteiger charge is -2.44. The summed E-state index contributed by atoms with van der Waals surface area (Å²) in [5.74, 6) is 3.24. The fourth-order valence-electron chi connectivity index (χ4n) is 13.8. The van der Waals surface area contributed by atoms with Crippen LogP contribution in [0.15, 0.2) is 132 Å². The normalized spacial score (nSPS) is 31.1. The number of benzene rings is 2. The number of rotatable bonds is 5. The Labute approximate surface area is 385 Å². The molecule has 5 aromatic rings. The van der Waals surface area contributed by atoms with Crippen LogP contribution < -0.4 is 10.6 Å². The Hall–Kier alpha value is -4.95. The van der Waals surface area contributed by atoms with Crippen LogP contribution in [0.5, 0.6) is 0 Å². The molecule has 64 heavy (non-hydrogen) atoms. The van der Waals surface area contributed by atoms with E-state index in [1.807, 2.05) is 11.3 Å². The minimum absolute atomic E-state index is 0.00660. The Morgan fingerprint density at radius 2 is 1.67 bits per heavy atom. The SMILES string of the molecule is C1=CCC(C2N=C(C3CC=CCC3)NC(C3C=C(N4C5=CCCCC5C5c6c(sc7c6C=CCC7)CCC54)C=CC3n3c4c(c5ccccc53)-c3c(sc5ccccc35)CC4)N2)C=C1. The second-order valence-electron chi connectivity index (χ2n) is 20.0. The molecule has 0 saturated carbocycles. The minimum atomic E-state index is 0.00660. The maximum Gasteiger partial charge on any atom is 0.110 e. The van der Waals surface area contributed by atoms with Gasteiger partial charge in [0.25, 0.3) is 0 Å². The number of para-hydroxylation sites is 1. The molecule has 2 aliphatic heterocycles. The smallest absolute Gasteiger partial charge is 0.110 e. The van der Waals surface area contributed by atoms with Crippen molar-refractivity contribution < 1.29 is 0 Å². The average molecular weight is 876 g/mol. The van der Waals surface area contributed by atoms with Gasteiger partial charge in [-0.2, -0.15) is 0 Å². The summed E-state index contributed by atoms with van der Waals surface area (Å²) in [6.45, 7) is 0. The van der Waals surface area contributed by atoms with E-state index >= 15 is 0 Å². The molecule has 0 amide bonds. The van der Waals surface area contributed by atoms with E-state index in [4.69, 9.17) is 4.99 Å². The molecule has 2 N–H and O–H groups in total. The number of likely N-dealkylation sites (tertiary alicyclic amines) is 1. The Balaban J connectivity index is 0.932. The predicted octanol–water partition coefficient (Wildman–Crippen LogP) is 13.1. The van der Waals surface area contributed by atoms with Gasteiger partial charge in [-0.15, -0.1) is 22.7 Å². The van der Waals surface area contributed by atoms with Gasteiger partial charge in [-0.3, -0.25) is 10.3 Å². The van der Waals surface area contributed by atoms with E-state index in [-0.39, 0.29) is 24.3 Å². The van der Waals surface area contributed by atoms with Gasteiger partial charge in [-0.05, 0) is 113 Å². The predicted molar refractivity (Wildman–Crippen MR) is 268 cm³/mol. The number of nitrogens with zero attached hydrogens (tertiary/aromatic N) is 3. The zero-order valence-electron chi connectivity index (χ0n) is 36.6. The van der Waals surface area contributed by atoms with Gasteiger partial charge in [0.15, 0.2) is 0 Å². The second-order valence-corrected chi connectivity index (χ2v) is 22.3. The van der Waals surface area contributed by atoms with Gasteiger partial charge >= 0.3 is 0 Å². The third-order valence-electron chi connectivity index (χ3n) is 16.6. The summed E-state index contributed by atoms with van der Waals surface area (Å²) in [6.07, 6.45) is 44.7. The molecular weight excluding hydrogens is 819 g/mol. The molecule has 14 rings (SSSR count). The quantitative estimate of drug-likeness (QED) is 0.173. The monoisotopic (exact) mass is 875 g/mol. The standard InChI is InChI=1S/C57H57N5S2/c1-3-15-34(16-4-1)55-58-56(35-17-5-2-6-18-35)60-57(59-55)41-33-36(61-42-23-11-7-19-37(42)51-45(61)29-31-49-53(51)39-21-9-13-25-47(39)63-49)27-28-44(41)62-43-24-12-8-20-38(43)52-46(62)30-32-50-54(52)40-22-10-14-26-48(40)64-50/h1-5,8-10,12,14-15,20-24,26-28,33-35,37,41,44-45,51,55,57,59H,6-7,11,13,16-19,25,29-32H2,(H,58,60). The number of fused-ring (bicyclic) bond motifs is 14. The largest absolute Gasteiger partial charge is 0.358 e. The third-order valence-corrected chi connectivity index (χ3v) is 19.2. The summed E-state index contributed by atoms with van der Waals surface area (Å²) in [5, 5.41) is 11.3. The summed E-state index contributed by atoms with van der Waals surface area (Å²) in [4.78, 5) is 13.4. The van der Waals surface area contributed by atoms with Gasteiger partial charge in [0.2, 0.25) is 0 Å². The molecule has 7 aliphatic carbocycles. The molecule has 9 atom stereocenters. The van der Waals surface area contributed by atoms with Gasteiger partial charge in [0.05, 0.1) is 12.2 Å². The van der Waals surface area contributed by atoms with E-state index in [1.165, 1.54) is 94.3 Å². The number of hydrogen-bond donors (Lipinski definition) is 2. The van der Waals surface area contributed by atoms with E-state index < -0.39 is 0 Å². The number of aromatic nitrogens is 1. The zero-order valence-corrected chi connectivity index (χ0v) is 38.2. The summed E-state index contributed by atoms with van der Waals surface area (Å²) in [7, 11) is 0. The molecule has 2 aromatic carbocycles. The Kier molecular flexibility index (Phi) is 9.18. The molecule has 9 unspecified atom stereocenters. The van der Waals surface area contributed by atoms with Crippen molar-refractivity contribution in [1.82, 2.24) is 20.1 Å². The first-order valence-electron chi connectivity index (χ1n) is 24.7. The van der Waals surface area contributed by atoms with Crippen LogP contribution in [0.4, 0.5) is 0 Å². The summed E-state index contributed by atoms with van der Waals surface area (Å²) < 4.78 is 4.21. The topological polar surface area (TPSA) is 44.6 Å². The number of hydrogen-bond acceptors (Lipinski definition) is 6. The maximum absolute atomic E-state index is 5.59. The van der Waals surface area contributed by atoms with Gasteiger partial charge in [0, 0.05) is 99.5 Å². The molecule has 3 aromatic heterocycles. The van der Waals surface area contributed by atoms with Crippen LogP contribution in [0, 0.1) is 23.7 Å². The first-order chi connectivity index (χ1) is 31.7. The first kappa shape index (κ1) is 38.3. The number of thiophene rings is 2. The zero-order chi connectivity index (χ0) is 41.9. The minimum Gasteiger partial charge on any atom is -0.358 e. The average Bonchev–Trinajstić information content (AvgIpc) is 4.12. The molecule has 5 heterocycles. The highest BCUT2D eigenvalue weighted by molar-refractivity contribution is 7.19. The molecule has 1 fully saturated rings. The van der Waals surface area contributed by atoms with Crippen LogP contribution in [-0.4, -0.2) is 33.7 Å². The van der Waals surface area contributed by atoms with E-state index in [0.29, 0.717) is 29.7 Å². The maximum atomic E-state index is 5.59. The van der Waals surface area contributed by atoms with Crippen molar-refractivity contribution in [3.8, 4) is 11.1 Å². The van der Waals surface area contributed by atoms with Crippen molar-refractivity contribution in [2.24, 2.45) is 28.7 Å². The molecule has 0 bridgehead atoms. The molecule has 7 heteroatoms. The van der Waals surface area contributed by atoms with Crippen molar-refractivity contribution in [3.63, 3.8) is 0 Å². The number of aliphatic imine (C=N–C) groups is 1. The van der Waals surface area contributed by atoms with Crippen LogP contribution in [0.3, 0.4) is 0 Å².